The van der Waals surface area contributed by atoms with Crippen molar-refractivity contribution >= 4 is 13.6 Å². The molecule has 2 atom stereocenters. The van der Waals surface area contributed by atoms with Gasteiger partial charge in [0.15, 0.2) is 0 Å². The van der Waals surface area contributed by atoms with Gasteiger partial charge in [0.2, 0.25) is 0 Å². The van der Waals surface area contributed by atoms with Crippen molar-refractivity contribution in [1.82, 2.24) is 0 Å². The van der Waals surface area contributed by atoms with E-state index in [0.29, 0.717) is 19.3 Å². The number of Topliss-reactive ketones (excluding diaryl/α,β-unsaturated/α-hetero) is 1. The maximum absolute atomic E-state index is 12.2. The number of unbranched alkanes of at least 4 members (excludes halogenated alkanes) is 16. The van der Waals surface area contributed by atoms with Crippen molar-refractivity contribution < 1.29 is 27.8 Å². The molecule has 0 N–H and O–H groups in total. The molecule has 0 amide bonds. The Kier molecular flexibility index (Phi) is 25.3. The Morgan fingerprint density at radius 1 is 0.692 bits per heavy atom. The molecule has 0 aliphatic carbocycles. The van der Waals surface area contributed by atoms with Crippen LogP contribution in [0.1, 0.15) is 155 Å². The molecule has 0 aromatic carbocycles. The van der Waals surface area contributed by atoms with Crippen LogP contribution in [-0.2, 0) is 18.4 Å². The molecule has 0 rings (SSSR count). The van der Waals surface area contributed by atoms with Crippen LogP contribution in [0.2, 0.25) is 0 Å². The number of quaternary nitrogens is 1. The van der Waals surface area contributed by atoms with E-state index in [-0.39, 0.29) is 24.9 Å². The molecule has 0 saturated heterocycles. The van der Waals surface area contributed by atoms with Gasteiger partial charge < -0.3 is 18.4 Å². The van der Waals surface area contributed by atoms with Crippen LogP contribution in [0.15, 0.2) is 0 Å². The van der Waals surface area contributed by atoms with E-state index in [9.17, 15) is 14.3 Å². The maximum Gasteiger partial charge on any atom is 0.267 e. The van der Waals surface area contributed by atoms with Gasteiger partial charge in [-0.05, 0) is 18.8 Å². The molecule has 0 bridgehead atoms. The summed E-state index contributed by atoms with van der Waals surface area (Å²) in [7, 11) is 1.85. The molecule has 0 radical (unpaired) electrons. The summed E-state index contributed by atoms with van der Waals surface area (Å²) in [6, 6.07) is 0. The van der Waals surface area contributed by atoms with Crippen LogP contribution in [-0.4, -0.2) is 51.2 Å². The van der Waals surface area contributed by atoms with E-state index in [2.05, 4.69) is 28.1 Å². The van der Waals surface area contributed by atoms with E-state index in [1.54, 1.807) is 0 Å². The standard InChI is InChI=1S/C32H66NO5P/c1-6-8-9-10-11-12-13-14-15-16-17-18-19-20-21-22-23-26-31(29-32(34)25-7-2)30-38-39(35,36)37-28-24-27-33(3,4)5/h31H,6-30H2,1-5H3. The number of phosphoric acid groups is 1. The molecule has 0 heterocycles. The van der Waals surface area contributed by atoms with Crippen LogP contribution in [0.5, 0.6) is 0 Å². The zero-order valence-corrected chi connectivity index (χ0v) is 27.6. The quantitative estimate of drug-likeness (QED) is 0.0485. The highest BCUT2D eigenvalue weighted by Gasteiger charge is 2.18. The largest absolute Gasteiger partial charge is 0.756 e. The van der Waals surface area contributed by atoms with E-state index < -0.39 is 7.82 Å². The normalized spacial score (nSPS) is 14.4. The lowest BCUT2D eigenvalue weighted by molar-refractivity contribution is -0.870. The summed E-state index contributed by atoms with van der Waals surface area (Å²) in [4.78, 5) is 24.4. The number of rotatable bonds is 30. The van der Waals surface area contributed by atoms with Crippen molar-refractivity contribution in [2.75, 3.05) is 40.9 Å². The molecule has 6 nitrogen and oxygen atoms in total. The van der Waals surface area contributed by atoms with Crippen LogP contribution in [0.3, 0.4) is 0 Å². The van der Waals surface area contributed by atoms with E-state index in [1.165, 1.54) is 96.3 Å². The molecule has 0 aromatic rings. The third kappa shape index (κ3) is 29.0. The number of ketones is 1. The molecular weight excluding hydrogens is 509 g/mol. The van der Waals surface area contributed by atoms with Crippen LogP contribution in [0, 0.1) is 5.92 Å². The fraction of sp³-hybridized carbons (Fsp3) is 0.969. The first-order chi connectivity index (χ1) is 18.6. The highest BCUT2D eigenvalue weighted by atomic mass is 31.2. The van der Waals surface area contributed by atoms with Crippen molar-refractivity contribution in [3.05, 3.63) is 0 Å². The minimum atomic E-state index is -4.33. The molecular formula is C32H66NO5P. The molecule has 0 aromatic heterocycles. The molecule has 234 valence electrons. The zero-order chi connectivity index (χ0) is 29.2. The lowest BCUT2D eigenvalue weighted by Crippen LogP contribution is -2.35. The van der Waals surface area contributed by atoms with E-state index >= 15 is 0 Å². The van der Waals surface area contributed by atoms with Crippen molar-refractivity contribution in [3.63, 3.8) is 0 Å². The summed E-state index contributed by atoms with van der Waals surface area (Å²) in [6.45, 7) is 5.28. The van der Waals surface area contributed by atoms with Crippen molar-refractivity contribution in [2.24, 2.45) is 5.92 Å². The molecule has 0 aliphatic rings. The first-order valence-corrected chi connectivity index (χ1v) is 18.0. The summed E-state index contributed by atoms with van der Waals surface area (Å²) in [6.07, 6.45) is 25.9. The second-order valence-electron chi connectivity index (χ2n) is 12.7. The lowest BCUT2D eigenvalue weighted by atomic mass is 9.94. The number of nitrogens with zero attached hydrogens (tertiary/aromatic N) is 1. The third-order valence-corrected chi connectivity index (χ3v) is 8.42. The summed E-state index contributed by atoms with van der Waals surface area (Å²) >= 11 is 0. The highest BCUT2D eigenvalue weighted by Crippen LogP contribution is 2.39. The van der Waals surface area contributed by atoms with Gasteiger partial charge in [0.05, 0.1) is 40.9 Å². The molecule has 7 heteroatoms. The second-order valence-corrected chi connectivity index (χ2v) is 14.2. The van der Waals surface area contributed by atoms with Gasteiger partial charge in [0.25, 0.3) is 7.82 Å². The predicted molar refractivity (Wildman–Crippen MR) is 164 cm³/mol. The van der Waals surface area contributed by atoms with Crippen LogP contribution in [0.4, 0.5) is 0 Å². The Morgan fingerprint density at radius 3 is 1.59 bits per heavy atom. The summed E-state index contributed by atoms with van der Waals surface area (Å²) in [5.74, 6) is 0.139. The summed E-state index contributed by atoms with van der Waals surface area (Å²) < 4.78 is 23.2. The monoisotopic (exact) mass is 575 g/mol. The summed E-state index contributed by atoms with van der Waals surface area (Å²) in [5, 5.41) is 0. The van der Waals surface area contributed by atoms with E-state index in [1.807, 2.05) is 6.92 Å². The highest BCUT2D eigenvalue weighted by molar-refractivity contribution is 7.45. The minimum Gasteiger partial charge on any atom is -0.756 e. The molecule has 0 aliphatic heterocycles. The van der Waals surface area contributed by atoms with Gasteiger partial charge in [0.1, 0.15) is 5.78 Å². The Morgan fingerprint density at radius 2 is 1.15 bits per heavy atom. The number of carbonyl (C=O) groups excluding carboxylic acids is 1. The molecule has 39 heavy (non-hydrogen) atoms. The Bertz CT molecular complexity index is 608. The summed E-state index contributed by atoms with van der Waals surface area (Å²) in [5.41, 5.74) is 0. The number of hydrogen-bond donors (Lipinski definition) is 0. The van der Waals surface area contributed by atoms with E-state index in [0.717, 1.165) is 36.7 Å². The minimum absolute atomic E-state index is 0.0461. The number of phosphoric ester groups is 1. The maximum atomic E-state index is 12.2. The fourth-order valence-corrected chi connectivity index (χ4v) is 5.87. The predicted octanol–water partition coefficient (Wildman–Crippen LogP) is 9.00. The SMILES string of the molecule is CCCCCCCCCCCCCCCCCCCC(COP(=O)([O-])OCCC[N+](C)(C)C)CC(=O)CCC. The topological polar surface area (TPSA) is 75.7 Å². The van der Waals surface area contributed by atoms with Gasteiger partial charge in [-0.15, -0.1) is 0 Å². The Hall–Kier alpha value is -0.260. The zero-order valence-electron chi connectivity index (χ0n) is 26.7. The fourth-order valence-electron chi connectivity index (χ4n) is 5.05. The Balaban J connectivity index is 3.94. The van der Waals surface area contributed by atoms with Crippen molar-refractivity contribution in [2.45, 2.75) is 155 Å². The average molecular weight is 576 g/mol. The number of carbonyl (C=O) groups is 1. The molecule has 0 fully saturated rings. The van der Waals surface area contributed by atoms with Crippen LogP contribution >= 0.6 is 7.82 Å². The van der Waals surface area contributed by atoms with Crippen molar-refractivity contribution in [1.29, 1.82) is 0 Å². The lowest BCUT2D eigenvalue weighted by Gasteiger charge is -2.27. The first kappa shape index (κ1) is 38.7. The smallest absolute Gasteiger partial charge is 0.267 e. The van der Waals surface area contributed by atoms with Gasteiger partial charge in [-0.2, -0.15) is 0 Å². The molecule has 2 unspecified atom stereocenters. The number of hydrogen-bond acceptors (Lipinski definition) is 5. The molecule has 0 saturated carbocycles. The van der Waals surface area contributed by atoms with Gasteiger partial charge in [-0.25, -0.2) is 0 Å². The van der Waals surface area contributed by atoms with Crippen LogP contribution in [0.25, 0.3) is 0 Å². The van der Waals surface area contributed by atoms with Crippen LogP contribution < -0.4 is 4.89 Å². The second kappa shape index (κ2) is 25.5. The van der Waals surface area contributed by atoms with Gasteiger partial charge in [-0.3, -0.25) is 9.36 Å². The molecule has 0 spiro atoms. The van der Waals surface area contributed by atoms with Gasteiger partial charge in [0, 0.05) is 19.3 Å². The van der Waals surface area contributed by atoms with Gasteiger partial charge >= 0.3 is 0 Å². The third-order valence-electron chi connectivity index (χ3n) is 7.45. The van der Waals surface area contributed by atoms with Crippen molar-refractivity contribution in [3.8, 4) is 0 Å². The Labute approximate surface area is 243 Å². The first-order valence-electron chi connectivity index (χ1n) is 16.5. The average Bonchev–Trinajstić information content (AvgIpc) is 2.86. The van der Waals surface area contributed by atoms with Gasteiger partial charge in [-0.1, -0.05) is 123 Å². The van der Waals surface area contributed by atoms with E-state index in [4.69, 9.17) is 9.05 Å².